The van der Waals surface area contributed by atoms with Crippen LogP contribution < -0.4 is 5.32 Å². The Balaban J connectivity index is 1.68. The number of aryl methyl sites for hydroxylation is 1. The number of aromatic amines is 1. The largest absolute Gasteiger partial charge is 0.323 e. The van der Waals surface area contributed by atoms with E-state index in [0.29, 0.717) is 11.8 Å². The van der Waals surface area contributed by atoms with Crippen molar-refractivity contribution in [2.24, 2.45) is 5.92 Å². The zero-order chi connectivity index (χ0) is 16.0. The van der Waals surface area contributed by atoms with Crippen LogP contribution in [0.25, 0.3) is 10.1 Å². The number of nitrogens with one attached hydrogen (secondary N) is 2. The van der Waals surface area contributed by atoms with E-state index in [4.69, 9.17) is 0 Å². The summed E-state index contributed by atoms with van der Waals surface area (Å²) in [6, 6.07) is 4.35. The molecule has 1 saturated carbocycles. The van der Waals surface area contributed by atoms with E-state index in [1.165, 1.54) is 39.1 Å². The van der Waals surface area contributed by atoms with Crippen molar-refractivity contribution in [3.63, 3.8) is 0 Å². The van der Waals surface area contributed by atoms with Crippen molar-refractivity contribution in [3.05, 3.63) is 34.5 Å². The average molecular weight is 326 g/mol. The molecule has 0 bridgehead atoms. The lowest BCUT2D eigenvalue weighted by Gasteiger charge is -2.09. The number of hydrogen-bond acceptors (Lipinski definition) is 4. The van der Waals surface area contributed by atoms with Gasteiger partial charge < -0.3 is 5.32 Å². The molecule has 0 saturated heterocycles. The summed E-state index contributed by atoms with van der Waals surface area (Å²) in [4.78, 5) is 6.00. The van der Waals surface area contributed by atoms with Gasteiger partial charge in [-0.25, -0.2) is 4.98 Å². The fraction of sp³-hybridized carbons (Fsp3) is 0.444. The van der Waals surface area contributed by atoms with Gasteiger partial charge in [-0.3, -0.25) is 5.10 Å². The van der Waals surface area contributed by atoms with Crippen LogP contribution >= 0.6 is 11.3 Å². The lowest BCUT2D eigenvalue weighted by molar-refractivity contribution is 0.649. The van der Waals surface area contributed by atoms with E-state index in [2.05, 4.69) is 53.4 Å². The fourth-order valence-electron chi connectivity index (χ4n) is 3.01. The molecule has 120 valence electrons. The zero-order valence-corrected chi connectivity index (χ0v) is 14.6. The number of thiophene rings is 1. The molecule has 5 heteroatoms. The topological polar surface area (TPSA) is 53.6 Å². The first-order valence-corrected chi connectivity index (χ1v) is 9.12. The minimum Gasteiger partial charge on any atom is -0.323 e. The standard InChI is InChI=1S/C18H22N4S/c1-10(2)6-13-9-19-18(14-7-11(3)23-17(13)14)20-16-8-15(21-22-16)12-4-5-12/h7-10,12H,4-6H2,1-3H3,(H2,19,20,21,22). The van der Waals surface area contributed by atoms with Crippen LogP contribution in [0, 0.1) is 12.8 Å². The second-order valence-corrected chi connectivity index (χ2v) is 8.19. The van der Waals surface area contributed by atoms with Crippen LogP contribution in [-0.2, 0) is 6.42 Å². The van der Waals surface area contributed by atoms with Gasteiger partial charge in [-0.2, -0.15) is 5.10 Å². The van der Waals surface area contributed by atoms with E-state index in [9.17, 15) is 0 Å². The number of rotatable bonds is 5. The molecular weight excluding hydrogens is 304 g/mol. The van der Waals surface area contributed by atoms with Crippen molar-refractivity contribution in [2.45, 2.75) is 46.0 Å². The molecule has 1 aliphatic carbocycles. The van der Waals surface area contributed by atoms with E-state index in [0.717, 1.165) is 18.1 Å². The molecule has 0 atom stereocenters. The third-order valence-electron chi connectivity index (χ3n) is 4.24. The summed E-state index contributed by atoms with van der Waals surface area (Å²) < 4.78 is 1.35. The SMILES string of the molecule is Cc1cc2c(Nc3cc(C4CC4)[nH]n3)ncc(CC(C)C)c2s1. The van der Waals surface area contributed by atoms with Crippen LogP contribution in [0.4, 0.5) is 11.6 Å². The number of aromatic nitrogens is 3. The molecule has 3 aromatic heterocycles. The van der Waals surface area contributed by atoms with E-state index >= 15 is 0 Å². The number of H-pyrrole nitrogens is 1. The first kappa shape index (κ1) is 14.7. The van der Waals surface area contributed by atoms with Crippen molar-refractivity contribution in [1.82, 2.24) is 15.2 Å². The Bertz CT molecular complexity index is 842. The summed E-state index contributed by atoms with van der Waals surface area (Å²) >= 11 is 1.86. The molecule has 3 heterocycles. The molecule has 0 aromatic carbocycles. The Morgan fingerprint density at radius 3 is 2.91 bits per heavy atom. The molecule has 0 amide bonds. The van der Waals surface area contributed by atoms with Gasteiger partial charge in [-0.15, -0.1) is 11.3 Å². The predicted octanol–water partition coefficient (Wildman–Crippen LogP) is 5.15. The van der Waals surface area contributed by atoms with Gasteiger partial charge in [-0.1, -0.05) is 13.8 Å². The van der Waals surface area contributed by atoms with Crippen LogP contribution in [0.5, 0.6) is 0 Å². The summed E-state index contributed by atoms with van der Waals surface area (Å²) in [6.45, 7) is 6.66. The van der Waals surface area contributed by atoms with Gasteiger partial charge in [0.2, 0.25) is 0 Å². The van der Waals surface area contributed by atoms with E-state index < -0.39 is 0 Å². The first-order chi connectivity index (χ1) is 11.1. The van der Waals surface area contributed by atoms with Crippen LogP contribution in [0.15, 0.2) is 18.3 Å². The summed E-state index contributed by atoms with van der Waals surface area (Å²) in [6.07, 6.45) is 5.64. The summed E-state index contributed by atoms with van der Waals surface area (Å²) in [5.74, 6) is 3.09. The quantitative estimate of drug-likeness (QED) is 0.682. The average Bonchev–Trinajstić information content (AvgIpc) is 3.11. The molecule has 1 fully saturated rings. The van der Waals surface area contributed by atoms with Gasteiger partial charge >= 0.3 is 0 Å². The Kier molecular flexibility index (Phi) is 3.60. The molecule has 2 N–H and O–H groups in total. The highest BCUT2D eigenvalue weighted by molar-refractivity contribution is 7.19. The molecule has 3 aromatic rings. The zero-order valence-electron chi connectivity index (χ0n) is 13.8. The van der Waals surface area contributed by atoms with Crippen LogP contribution in [-0.4, -0.2) is 15.2 Å². The third kappa shape index (κ3) is 2.98. The second-order valence-electron chi connectivity index (χ2n) is 6.94. The molecule has 23 heavy (non-hydrogen) atoms. The molecule has 1 aliphatic rings. The molecule has 0 unspecified atom stereocenters. The monoisotopic (exact) mass is 326 g/mol. The van der Waals surface area contributed by atoms with Gasteiger partial charge in [0, 0.05) is 38.8 Å². The number of nitrogens with zero attached hydrogens (tertiary/aromatic N) is 2. The van der Waals surface area contributed by atoms with Crippen molar-refractivity contribution in [2.75, 3.05) is 5.32 Å². The maximum atomic E-state index is 4.68. The Labute approximate surface area is 140 Å². The van der Waals surface area contributed by atoms with Crippen molar-refractivity contribution in [1.29, 1.82) is 0 Å². The predicted molar refractivity (Wildman–Crippen MR) is 96.7 cm³/mol. The highest BCUT2D eigenvalue weighted by atomic mass is 32.1. The lowest BCUT2D eigenvalue weighted by Crippen LogP contribution is -1.99. The Morgan fingerprint density at radius 2 is 2.17 bits per heavy atom. The van der Waals surface area contributed by atoms with Crippen molar-refractivity contribution >= 4 is 33.1 Å². The van der Waals surface area contributed by atoms with Gasteiger partial charge in [0.1, 0.15) is 5.82 Å². The number of anilines is 2. The maximum Gasteiger partial charge on any atom is 0.153 e. The third-order valence-corrected chi connectivity index (χ3v) is 5.37. The van der Waals surface area contributed by atoms with Crippen molar-refractivity contribution < 1.29 is 0 Å². The van der Waals surface area contributed by atoms with Gasteiger partial charge in [-0.05, 0) is 43.7 Å². The molecule has 0 aliphatic heterocycles. The Morgan fingerprint density at radius 1 is 1.35 bits per heavy atom. The molecular formula is C18H22N4S. The lowest BCUT2D eigenvalue weighted by atomic mass is 10.0. The molecule has 0 spiro atoms. The highest BCUT2D eigenvalue weighted by Crippen LogP contribution is 2.40. The van der Waals surface area contributed by atoms with Crippen molar-refractivity contribution in [3.8, 4) is 0 Å². The molecule has 0 radical (unpaired) electrons. The van der Waals surface area contributed by atoms with Crippen LogP contribution in [0.3, 0.4) is 0 Å². The number of hydrogen-bond donors (Lipinski definition) is 2. The molecule has 4 nitrogen and oxygen atoms in total. The van der Waals surface area contributed by atoms with E-state index in [1.807, 2.05) is 17.5 Å². The van der Waals surface area contributed by atoms with Crippen LogP contribution in [0.1, 0.15) is 48.7 Å². The first-order valence-electron chi connectivity index (χ1n) is 8.30. The smallest absolute Gasteiger partial charge is 0.153 e. The van der Waals surface area contributed by atoms with E-state index in [1.54, 1.807) is 0 Å². The summed E-state index contributed by atoms with van der Waals surface area (Å²) in [5.41, 5.74) is 2.58. The second kappa shape index (κ2) is 5.64. The number of pyridine rings is 1. The van der Waals surface area contributed by atoms with E-state index in [-0.39, 0.29) is 0 Å². The highest BCUT2D eigenvalue weighted by Gasteiger charge is 2.25. The minimum absolute atomic E-state index is 0.633. The molecule has 4 rings (SSSR count). The van der Waals surface area contributed by atoms with Gasteiger partial charge in [0.05, 0.1) is 0 Å². The minimum atomic E-state index is 0.633. The Hall–Kier alpha value is -1.88. The summed E-state index contributed by atoms with van der Waals surface area (Å²) in [5, 5.41) is 12.1. The van der Waals surface area contributed by atoms with Gasteiger partial charge in [0.25, 0.3) is 0 Å². The number of fused-ring (bicyclic) bond motifs is 1. The maximum absolute atomic E-state index is 4.68. The normalized spacial score (nSPS) is 14.8. The van der Waals surface area contributed by atoms with Crippen LogP contribution in [0.2, 0.25) is 0 Å². The fourth-order valence-corrected chi connectivity index (χ4v) is 4.04. The van der Waals surface area contributed by atoms with Gasteiger partial charge in [0.15, 0.2) is 5.82 Å². The summed E-state index contributed by atoms with van der Waals surface area (Å²) in [7, 11) is 0.